The highest BCUT2D eigenvalue weighted by molar-refractivity contribution is 6.30. The van der Waals surface area contributed by atoms with Gasteiger partial charge in [0.15, 0.2) is 0 Å². The van der Waals surface area contributed by atoms with E-state index in [1.54, 1.807) is 24.3 Å². The summed E-state index contributed by atoms with van der Waals surface area (Å²) in [7, 11) is 0. The van der Waals surface area contributed by atoms with E-state index in [0.717, 1.165) is 23.3 Å². The Morgan fingerprint density at radius 1 is 0.897 bits per heavy atom. The summed E-state index contributed by atoms with van der Waals surface area (Å²) in [5.41, 5.74) is 1.32. The lowest BCUT2D eigenvalue weighted by molar-refractivity contribution is -0.120. The molecule has 0 saturated heterocycles. The molecule has 4 nitrogen and oxygen atoms in total. The second-order valence-electron chi connectivity index (χ2n) is 6.27. The Bertz CT molecular complexity index is 1010. The zero-order chi connectivity index (χ0) is 20.8. The van der Waals surface area contributed by atoms with Crippen molar-refractivity contribution in [2.24, 2.45) is 0 Å². The summed E-state index contributed by atoms with van der Waals surface area (Å²) in [5.74, 6) is -3.05. The van der Waals surface area contributed by atoms with Gasteiger partial charge in [-0.25, -0.2) is 8.78 Å². The van der Waals surface area contributed by atoms with E-state index < -0.39 is 29.5 Å². The average Bonchev–Trinajstić information content (AvgIpc) is 2.71. The van der Waals surface area contributed by atoms with Gasteiger partial charge in [-0.1, -0.05) is 54.1 Å². The van der Waals surface area contributed by atoms with Crippen molar-refractivity contribution >= 4 is 23.4 Å². The van der Waals surface area contributed by atoms with Crippen LogP contribution in [0.4, 0.5) is 8.78 Å². The van der Waals surface area contributed by atoms with E-state index in [0.29, 0.717) is 11.1 Å². The summed E-state index contributed by atoms with van der Waals surface area (Å²) in [6.45, 7) is -0.368. The van der Waals surface area contributed by atoms with Crippen molar-refractivity contribution in [2.75, 3.05) is 6.54 Å². The minimum absolute atomic E-state index is 0.337. The highest BCUT2D eigenvalue weighted by Crippen LogP contribution is 2.23. The van der Waals surface area contributed by atoms with Gasteiger partial charge in [0.25, 0.3) is 5.91 Å². The van der Waals surface area contributed by atoms with E-state index in [4.69, 9.17) is 11.6 Å². The van der Waals surface area contributed by atoms with Gasteiger partial charge < -0.3 is 10.6 Å². The maximum atomic E-state index is 13.7. The van der Waals surface area contributed by atoms with Gasteiger partial charge in [-0.2, -0.15) is 0 Å². The van der Waals surface area contributed by atoms with Crippen LogP contribution in [0.5, 0.6) is 0 Å². The molecular formula is C22H17ClF2N2O2. The molecule has 2 amide bonds. The minimum atomic E-state index is -0.994. The van der Waals surface area contributed by atoms with Gasteiger partial charge in [0.05, 0.1) is 18.2 Å². The smallest absolute Gasteiger partial charge is 0.254 e. The number of hydrogen-bond donors (Lipinski definition) is 2. The molecule has 0 bridgehead atoms. The monoisotopic (exact) mass is 414 g/mol. The third-order valence-corrected chi connectivity index (χ3v) is 4.48. The fourth-order valence-electron chi connectivity index (χ4n) is 2.80. The molecule has 148 valence electrons. The van der Waals surface area contributed by atoms with Crippen LogP contribution in [0.2, 0.25) is 5.02 Å². The number of amides is 2. The van der Waals surface area contributed by atoms with Crippen LogP contribution in [-0.2, 0) is 4.79 Å². The van der Waals surface area contributed by atoms with Gasteiger partial charge in [-0.05, 0) is 35.4 Å². The first-order valence-electron chi connectivity index (χ1n) is 8.77. The number of hydrogen-bond acceptors (Lipinski definition) is 2. The fourth-order valence-corrected chi connectivity index (χ4v) is 2.93. The van der Waals surface area contributed by atoms with Gasteiger partial charge in [0, 0.05) is 11.1 Å². The number of rotatable bonds is 6. The zero-order valence-corrected chi connectivity index (χ0v) is 15.9. The van der Waals surface area contributed by atoms with E-state index in [1.807, 2.05) is 30.3 Å². The fraction of sp³-hybridized carbons (Fsp3) is 0.0909. The third kappa shape index (κ3) is 5.39. The molecule has 7 heteroatoms. The zero-order valence-electron chi connectivity index (χ0n) is 15.2. The van der Waals surface area contributed by atoms with Crippen molar-refractivity contribution in [3.05, 3.63) is 106 Å². The lowest BCUT2D eigenvalue weighted by atomic mass is 9.98. The maximum Gasteiger partial charge on any atom is 0.254 e. The molecule has 1 unspecified atom stereocenters. The van der Waals surface area contributed by atoms with E-state index in [2.05, 4.69) is 10.6 Å². The molecule has 0 aliphatic heterocycles. The molecule has 3 rings (SSSR count). The molecule has 0 aliphatic rings. The number of carbonyl (C=O) groups excluding carboxylic acids is 2. The van der Waals surface area contributed by atoms with Crippen molar-refractivity contribution in [3.8, 4) is 0 Å². The van der Waals surface area contributed by atoms with Gasteiger partial charge in [0.2, 0.25) is 5.91 Å². The Morgan fingerprint density at radius 2 is 1.55 bits per heavy atom. The lowest BCUT2D eigenvalue weighted by Gasteiger charge is -2.20. The number of nitrogens with one attached hydrogen (secondary N) is 2. The third-order valence-electron chi connectivity index (χ3n) is 4.23. The topological polar surface area (TPSA) is 58.2 Å². The molecule has 0 aromatic heterocycles. The predicted molar refractivity (Wildman–Crippen MR) is 107 cm³/mol. The summed E-state index contributed by atoms with van der Waals surface area (Å²) in [6.07, 6.45) is 0. The standard InChI is InChI=1S/C22H17ClF2N2O2/c23-16-8-6-15(7-9-16)21(14-4-2-1-3-5-14)27-20(28)13-26-22(29)18-11-10-17(24)12-19(18)25/h1-12,21H,13H2,(H,26,29)(H,27,28). The van der Waals surface area contributed by atoms with Gasteiger partial charge >= 0.3 is 0 Å². The van der Waals surface area contributed by atoms with E-state index in [-0.39, 0.29) is 12.1 Å². The Labute approximate surface area is 171 Å². The minimum Gasteiger partial charge on any atom is -0.344 e. The van der Waals surface area contributed by atoms with Gasteiger partial charge in [-0.15, -0.1) is 0 Å². The summed E-state index contributed by atoms with van der Waals surface area (Å²) in [5, 5.41) is 5.76. The largest absolute Gasteiger partial charge is 0.344 e. The van der Waals surface area contributed by atoms with Crippen molar-refractivity contribution in [2.45, 2.75) is 6.04 Å². The molecule has 0 saturated carbocycles. The SMILES string of the molecule is O=C(CNC(=O)c1ccc(F)cc1F)NC(c1ccccc1)c1ccc(Cl)cc1. The average molecular weight is 415 g/mol. The van der Waals surface area contributed by atoms with Gasteiger partial charge in [-0.3, -0.25) is 9.59 Å². The Balaban J connectivity index is 1.70. The number of carbonyl (C=O) groups is 2. The molecule has 0 fully saturated rings. The molecule has 0 radical (unpaired) electrons. The Kier molecular flexibility index (Phi) is 6.57. The van der Waals surface area contributed by atoms with Crippen molar-refractivity contribution in [1.82, 2.24) is 10.6 Å². The molecular weight excluding hydrogens is 398 g/mol. The number of halogens is 3. The molecule has 0 spiro atoms. The highest BCUT2D eigenvalue weighted by atomic mass is 35.5. The number of benzene rings is 3. The van der Waals surface area contributed by atoms with Crippen LogP contribution in [0, 0.1) is 11.6 Å². The quantitative estimate of drug-likeness (QED) is 0.633. The van der Waals surface area contributed by atoms with E-state index in [1.165, 1.54) is 0 Å². The summed E-state index contributed by atoms with van der Waals surface area (Å²) in [4.78, 5) is 24.5. The molecule has 0 heterocycles. The maximum absolute atomic E-state index is 13.7. The molecule has 29 heavy (non-hydrogen) atoms. The van der Waals surface area contributed by atoms with Crippen molar-refractivity contribution in [1.29, 1.82) is 0 Å². The summed E-state index contributed by atoms with van der Waals surface area (Å²) in [6, 6.07) is 18.5. The molecule has 3 aromatic rings. The predicted octanol–water partition coefficient (Wildman–Crippen LogP) is 4.25. The first-order chi connectivity index (χ1) is 13.9. The van der Waals surface area contributed by atoms with Crippen LogP contribution >= 0.6 is 11.6 Å². The molecule has 0 aliphatic carbocycles. The lowest BCUT2D eigenvalue weighted by Crippen LogP contribution is -2.39. The second kappa shape index (κ2) is 9.30. The van der Waals surface area contributed by atoms with E-state index in [9.17, 15) is 18.4 Å². The molecule has 3 aromatic carbocycles. The molecule has 2 N–H and O–H groups in total. The second-order valence-corrected chi connectivity index (χ2v) is 6.71. The normalized spacial score (nSPS) is 11.6. The van der Waals surface area contributed by atoms with E-state index >= 15 is 0 Å². The summed E-state index contributed by atoms with van der Waals surface area (Å²) >= 11 is 5.94. The van der Waals surface area contributed by atoms with Crippen molar-refractivity contribution in [3.63, 3.8) is 0 Å². The van der Waals surface area contributed by atoms with Crippen LogP contribution in [0.1, 0.15) is 27.5 Å². The van der Waals surface area contributed by atoms with Crippen LogP contribution in [-0.4, -0.2) is 18.4 Å². The summed E-state index contributed by atoms with van der Waals surface area (Å²) < 4.78 is 26.7. The van der Waals surface area contributed by atoms with Gasteiger partial charge in [0.1, 0.15) is 11.6 Å². The van der Waals surface area contributed by atoms with Crippen LogP contribution in [0.3, 0.4) is 0 Å². The Morgan fingerprint density at radius 3 is 2.21 bits per heavy atom. The van der Waals surface area contributed by atoms with Crippen LogP contribution in [0.15, 0.2) is 72.8 Å². The first-order valence-corrected chi connectivity index (χ1v) is 9.15. The van der Waals surface area contributed by atoms with Crippen LogP contribution < -0.4 is 10.6 Å². The first kappa shape index (κ1) is 20.5. The van der Waals surface area contributed by atoms with Crippen molar-refractivity contribution < 1.29 is 18.4 Å². The Hall–Kier alpha value is -3.25. The molecule has 1 atom stereocenters. The highest BCUT2D eigenvalue weighted by Gasteiger charge is 2.18. The van der Waals surface area contributed by atoms with Crippen LogP contribution in [0.25, 0.3) is 0 Å².